The minimum atomic E-state index is -0.226. The summed E-state index contributed by atoms with van der Waals surface area (Å²) in [6.07, 6.45) is 7.79. The lowest BCUT2D eigenvalue weighted by Gasteiger charge is -2.38. The summed E-state index contributed by atoms with van der Waals surface area (Å²) >= 11 is 0. The first-order valence-electron chi connectivity index (χ1n) is 12.2. The summed E-state index contributed by atoms with van der Waals surface area (Å²) in [4.78, 5) is 14.9. The van der Waals surface area contributed by atoms with Crippen LogP contribution in [0.1, 0.15) is 56.6 Å². The van der Waals surface area contributed by atoms with Gasteiger partial charge in [-0.15, -0.1) is 0 Å². The summed E-state index contributed by atoms with van der Waals surface area (Å²) in [6, 6.07) is 10.1. The van der Waals surface area contributed by atoms with E-state index in [-0.39, 0.29) is 24.3 Å². The first-order chi connectivity index (χ1) is 15.7. The number of hydrogen-bond acceptors (Lipinski definition) is 5. The van der Waals surface area contributed by atoms with Crippen molar-refractivity contribution in [3.05, 3.63) is 35.9 Å². The largest absolute Gasteiger partial charge is 0.385 e. The lowest BCUT2D eigenvalue weighted by atomic mass is 9.85. The molecule has 1 saturated heterocycles. The molecule has 3 rings (SSSR count). The number of carbonyl (C=O) groups is 1. The molecule has 32 heavy (non-hydrogen) atoms. The first-order valence-corrected chi connectivity index (χ1v) is 12.2. The van der Waals surface area contributed by atoms with E-state index in [4.69, 9.17) is 19.9 Å². The van der Waals surface area contributed by atoms with Crippen LogP contribution in [-0.2, 0) is 14.2 Å². The topological polar surface area (TPSA) is 86.1 Å². The zero-order chi connectivity index (χ0) is 22.6. The first kappa shape index (κ1) is 25.0. The molecule has 1 aromatic rings. The molecule has 2 amide bonds. The van der Waals surface area contributed by atoms with Gasteiger partial charge < -0.3 is 30.2 Å². The molecule has 1 aromatic carbocycles. The van der Waals surface area contributed by atoms with Crippen molar-refractivity contribution in [2.24, 2.45) is 11.7 Å². The van der Waals surface area contributed by atoms with Crippen LogP contribution >= 0.6 is 0 Å². The van der Waals surface area contributed by atoms with Crippen LogP contribution < -0.4 is 11.1 Å². The zero-order valence-corrected chi connectivity index (χ0v) is 19.5. The van der Waals surface area contributed by atoms with Crippen molar-refractivity contribution in [3.8, 4) is 0 Å². The summed E-state index contributed by atoms with van der Waals surface area (Å²) in [6.45, 7) is 3.29. The van der Waals surface area contributed by atoms with Crippen molar-refractivity contribution < 1.29 is 19.0 Å². The number of ether oxygens (including phenoxy) is 3. The van der Waals surface area contributed by atoms with Gasteiger partial charge in [0.25, 0.3) is 0 Å². The summed E-state index contributed by atoms with van der Waals surface area (Å²) in [5, 5.41) is 3.19. The Balaban J connectivity index is 1.57. The van der Waals surface area contributed by atoms with E-state index in [0.717, 1.165) is 18.4 Å². The van der Waals surface area contributed by atoms with Gasteiger partial charge in [0.2, 0.25) is 0 Å². The standard InChI is InChI=1S/C25H41N3O4/c1-30-14-8-15-32-24(21-11-6-3-7-12-21)23-19-28(13-16-31-23)25(29)27-22(18-26)17-20-9-4-2-5-10-20/h3,6-7,11-12,20,22-24H,2,4-5,8-10,13-19,26H2,1H3,(H,27,29)/t22?,23-,24+/m1/s1. The Morgan fingerprint density at radius 1 is 1.22 bits per heavy atom. The molecule has 2 aliphatic rings. The normalized spacial score (nSPS) is 21.8. The molecule has 1 unspecified atom stereocenters. The van der Waals surface area contributed by atoms with E-state index >= 15 is 0 Å². The SMILES string of the molecule is COCCCO[C@@H](c1ccccc1)[C@H]1CN(C(=O)NC(CN)CC2CCCCC2)CCO1. The van der Waals surface area contributed by atoms with Crippen molar-refractivity contribution in [3.63, 3.8) is 0 Å². The fourth-order valence-electron chi connectivity index (χ4n) is 4.82. The molecule has 0 spiro atoms. The number of methoxy groups -OCH3 is 1. The van der Waals surface area contributed by atoms with Gasteiger partial charge in [0.05, 0.1) is 13.2 Å². The average Bonchev–Trinajstić information content (AvgIpc) is 2.85. The molecule has 3 atom stereocenters. The number of amides is 2. The second-order valence-electron chi connectivity index (χ2n) is 9.03. The lowest BCUT2D eigenvalue weighted by molar-refractivity contribution is -0.107. The van der Waals surface area contributed by atoms with Crippen LogP contribution in [0, 0.1) is 5.92 Å². The molecule has 7 nitrogen and oxygen atoms in total. The van der Waals surface area contributed by atoms with Crippen molar-refractivity contribution in [1.82, 2.24) is 10.2 Å². The number of urea groups is 1. The van der Waals surface area contributed by atoms with E-state index in [1.54, 1.807) is 7.11 Å². The van der Waals surface area contributed by atoms with E-state index < -0.39 is 0 Å². The van der Waals surface area contributed by atoms with E-state index in [1.807, 2.05) is 23.1 Å². The van der Waals surface area contributed by atoms with Gasteiger partial charge in [-0.25, -0.2) is 4.79 Å². The highest BCUT2D eigenvalue weighted by Gasteiger charge is 2.33. The van der Waals surface area contributed by atoms with Crippen molar-refractivity contribution in [2.75, 3.05) is 46.6 Å². The Hall–Kier alpha value is -1.67. The molecule has 1 aliphatic carbocycles. The number of benzene rings is 1. The molecule has 7 heteroatoms. The predicted molar refractivity (Wildman–Crippen MR) is 126 cm³/mol. The van der Waals surface area contributed by atoms with E-state index in [0.29, 0.717) is 45.4 Å². The van der Waals surface area contributed by atoms with Gasteiger partial charge in [-0.1, -0.05) is 62.4 Å². The van der Waals surface area contributed by atoms with Crippen LogP contribution in [0.4, 0.5) is 4.79 Å². The Morgan fingerprint density at radius 2 is 2.00 bits per heavy atom. The third kappa shape index (κ3) is 7.73. The van der Waals surface area contributed by atoms with Crippen LogP contribution in [0.5, 0.6) is 0 Å². The Morgan fingerprint density at radius 3 is 2.72 bits per heavy atom. The van der Waals surface area contributed by atoms with E-state index in [1.165, 1.54) is 32.1 Å². The number of nitrogens with two attached hydrogens (primary N) is 1. The van der Waals surface area contributed by atoms with Gasteiger partial charge in [0.15, 0.2) is 0 Å². The maximum atomic E-state index is 13.1. The number of morpholine rings is 1. The summed E-state index contributed by atoms with van der Waals surface area (Å²) < 4.78 is 17.4. The van der Waals surface area contributed by atoms with E-state index in [2.05, 4.69) is 17.4 Å². The smallest absolute Gasteiger partial charge is 0.317 e. The highest BCUT2D eigenvalue weighted by Crippen LogP contribution is 2.28. The fraction of sp³-hybridized carbons (Fsp3) is 0.720. The maximum Gasteiger partial charge on any atom is 0.317 e. The Bertz CT molecular complexity index is 654. The molecule has 0 aromatic heterocycles. The van der Waals surface area contributed by atoms with Gasteiger partial charge in [-0.05, 0) is 24.3 Å². The molecule has 180 valence electrons. The van der Waals surface area contributed by atoms with Gasteiger partial charge in [-0.2, -0.15) is 0 Å². The molecular formula is C25H41N3O4. The summed E-state index contributed by atoms with van der Waals surface area (Å²) in [5.41, 5.74) is 7.07. The average molecular weight is 448 g/mol. The number of hydrogen-bond donors (Lipinski definition) is 2. The van der Waals surface area contributed by atoms with Gasteiger partial charge in [-0.3, -0.25) is 0 Å². The van der Waals surface area contributed by atoms with Gasteiger partial charge >= 0.3 is 6.03 Å². The van der Waals surface area contributed by atoms with Crippen LogP contribution in [0.15, 0.2) is 30.3 Å². The minimum absolute atomic E-state index is 0.0297. The molecule has 1 saturated carbocycles. The van der Waals surface area contributed by atoms with Gasteiger partial charge in [0.1, 0.15) is 12.2 Å². The fourth-order valence-corrected chi connectivity index (χ4v) is 4.82. The second kappa shape index (κ2) is 13.8. The summed E-state index contributed by atoms with van der Waals surface area (Å²) in [5.74, 6) is 0.679. The Kier molecular flexibility index (Phi) is 10.8. The molecule has 0 bridgehead atoms. The molecule has 2 fully saturated rings. The van der Waals surface area contributed by atoms with E-state index in [9.17, 15) is 4.79 Å². The quantitative estimate of drug-likeness (QED) is 0.507. The minimum Gasteiger partial charge on any atom is -0.385 e. The van der Waals surface area contributed by atoms with Crippen molar-refractivity contribution in [2.45, 2.75) is 63.2 Å². The molecule has 1 aliphatic heterocycles. The lowest BCUT2D eigenvalue weighted by Crippen LogP contribution is -2.54. The maximum absolute atomic E-state index is 13.1. The molecule has 0 radical (unpaired) electrons. The highest BCUT2D eigenvalue weighted by molar-refractivity contribution is 5.74. The molecule has 3 N–H and O–H groups in total. The van der Waals surface area contributed by atoms with Crippen molar-refractivity contribution in [1.29, 1.82) is 0 Å². The van der Waals surface area contributed by atoms with Crippen molar-refractivity contribution >= 4 is 6.03 Å². The van der Waals surface area contributed by atoms with Crippen LogP contribution in [0.3, 0.4) is 0 Å². The number of carbonyl (C=O) groups excluding carboxylic acids is 1. The van der Waals surface area contributed by atoms with Crippen LogP contribution in [0.2, 0.25) is 0 Å². The predicted octanol–water partition coefficient (Wildman–Crippen LogP) is 3.49. The zero-order valence-electron chi connectivity index (χ0n) is 19.5. The number of nitrogens with zero attached hydrogens (tertiary/aromatic N) is 1. The van der Waals surface area contributed by atoms with Gasteiger partial charge in [0, 0.05) is 39.5 Å². The Labute approximate surface area is 193 Å². The van der Waals surface area contributed by atoms with Crippen LogP contribution in [-0.4, -0.2) is 69.6 Å². The second-order valence-corrected chi connectivity index (χ2v) is 9.03. The molecular weight excluding hydrogens is 406 g/mol. The highest BCUT2D eigenvalue weighted by atomic mass is 16.5. The summed E-state index contributed by atoms with van der Waals surface area (Å²) in [7, 11) is 1.69. The number of rotatable bonds is 11. The monoisotopic (exact) mass is 447 g/mol. The third-order valence-electron chi connectivity index (χ3n) is 6.59. The number of nitrogens with one attached hydrogen (secondary N) is 1. The molecule has 1 heterocycles. The third-order valence-corrected chi connectivity index (χ3v) is 6.59. The van der Waals surface area contributed by atoms with Crippen LogP contribution in [0.25, 0.3) is 0 Å².